The summed E-state index contributed by atoms with van der Waals surface area (Å²) in [7, 11) is 0. The first-order chi connectivity index (χ1) is 10.7. The molecule has 2 fully saturated rings. The molecule has 124 valence electrons. The normalized spacial score (nSPS) is 49.3. The average Bonchev–Trinajstić information content (AvgIpc) is 3.27. The lowest BCUT2D eigenvalue weighted by Crippen LogP contribution is -2.15. The third-order valence-corrected chi connectivity index (χ3v) is 7.58. The van der Waals surface area contributed by atoms with Crippen molar-refractivity contribution in [3.8, 4) is 0 Å². The second kappa shape index (κ2) is 5.50. The van der Waals surface area contributed by atoms with Crippen molar-refractivity contribution < 1.29 is 0 Å². The standard InChI is InChI=1S/2C11H14.CH4/c1-7-4-10-8-2-3-9(6-8)11(10)5-7;1-7-5-8-6-11(7)10-4-2-3-9(8)10;/h2-4,8-11H,5-6H2,1H3;2-3,5,8-11H,4,6H2,1H3;1H4. The fourth-order valence-electron chi connectivity index (χ4n) is 6.64. The summed E-state index contributed by atoms with van der Waals surface area (Å²) in [6, 6.07) is 0. The molecule has 0 radical (unpaired) electrons. The van der Waals surface area contributed by atoms with Crippen LogP contribution in [0.5, 0.6) is 0 Å². The molecule has 6 rings (SSSR count). The molecule has 0 amide bonds. The van der Waals surface area contributed by atoms with Gasteiger partial charge in [0.2, 0.25) is 0 Å². The number of fused-ring (bicyclic) bond motifs is 10. The van der Waals surface area contributed by atoms with E-state index in [9.17, 15) is 0 Å². The summed E-state index contributed by atoms with van der Waals surface area (Å²) in [6.45, 7) is 4.61. The van der Waals surface area contributed by atoms with Gasteiger partial charge in [-0.05, 0) is 86.9 Å². The molecule has 8 atom stereocenters. The highest BCUT2D eigenvalue weighted by molar-refractivity contribution is 5.27. The Bertz CT molecular complexity index is 602. The molecule has 6 aliphatic carbocycles. The van der Waals surface area contributed by atoms with E-state index in [4.69, 9.17) is 0 Å². The summed E-state index contributed by atoms with van der Waals surface area (Å²) < 4.78 is 0. The molecule has 0 aromatic carbocycles. The Hall–Kier alpha value is -1.04. The zero-order valence-electron chi connectivity index (χ0n) is 13.9. The fourth-order valence-corrected chi connectivity index (χ4v) is 6.64. The lowest BCUT2D eigenvalue weighted by atomic mass is 9.82. The topological polar surface area (TPSA) is 0 Å². The van der Waals surface area contributed by atoms with Crippen molar-refractivity contribution in [2.24, 2.45) is 47.3 Å². The van der Waals surface area contributed by atoms with E-state index in [2.05, 4.69) is 50.3 Å². The van der Waals surface area contributed by atoms with Crippen LogP contribution in [0.1, 0.15) is 47.0 Å². The molecule has 0 spiro atoms. The Labute approximate surface area is 142 Å². The molecule has 0 aromatic rings. The quantitative estimate of drug-likeness (QED) is 0.468. The Morgan fingerprint density at radius 2 is 1.65 bits per heavy atom. The maximum absolute atomic E-state index is 2.53. The van der Waals surface area contributed by atoms with Gasteiger partial charge in [0.05, 0.1) is 0 Å². The molecule has 0 aromatic heterocycles. The minimum atomic E-state index is 0. The molecule has 0 nitrogen and oxygen atoms in total. The maximum atomic E-state index is 2.53. The van der Waals surface area contributed by atoms with Crippen LogP contribution >= 0.6 is 0 Å². The summed E-state index contributed by atoms with van der Waals surface area (Å²) in [5, 5.41) is 0. The van der Waals surface area contributed by atoms with Gasteiger partial charge in [-0.2, -0.15) is 0 Å². The highest BCUT2D eigenvalue weighted by atomic mass is 14.5. The third-order valence-electron chi connectivity index (χ3n) is 7.58. The summed E-state index contributed by atoms with van der Waals surface area (Å²) in [5.41, 5.74) is 3.32. The molecule has 0 aliphatic heterocycles. The lowest BCUT2D eigenvalue weighted by molar-refractivity contribution is 0.384. The van der Waals surface area contributed by atoms with E-state index in [1.807, 2.05) is 0 Å². The van der Waals surface area contributed by atoms with Crippen molar-refractivity contribution in [3.63, 3.8) is 0 Å². The molecule has 0 saturated heterocycles. The van der Waals surface area contributed by atoms with Crippen LogP contribution in [0.25, 0.3) is 0 Å². The van der Waals surface area contributed by atoms with E-state index < -0.39 is 0 Å². The molecular formula is C23H32. The zero-order chi connectivity index (χ0) is 14.8. The Balaban J connectivity index is 0.000000113. The van der Waals surface area contributed by atoms with Crippen molar-refractivity contribution in [1.82, 2.24) is 0 Å². The van der Waals surface area contributed by atoms with Crippen molar-refractivity contribution >= 4 is 0 Å². The van der Waals surface area contributed by atoms with Crippen molar-refractivity contribution in [2.75, 3.05) is 0 Å². The average molecular weight is 309 g/mol. The Morgan fingerprint density at radius 1 is 0.826 bits per heavy atom. The van der Waals surface area contributed by atoms with Gasteiger partial charge >= 0.3 is 0 Å². The van der Waals surface area contributed by atoms with Crippen molar-refractivity contribution in [2.45, 2.75) is 47.0 Å². The van der Waals surface area contributed by atoms with Gasteiger partial charge in [0.25, 0.3) is 0 Å². The summed E-state index contributed by atoms with van der Waals surface area (Å²) >= 11 is 0. The molecule has 6 aliphatic rings. The summed E-state index contributed by atoms with van der Waals surface area (Å²) in [4.78, 5) is 0. The van der Waals surface area contributed by atoms with E-state index in [1.54, 1.807) is 11.1 Å². The first-order valence-electron chi connectivity index (χ1n) is 9.41. The highest BCUT2D eigenvalue weighted by Crippen LogP contribution is 2.55. The smallest absolute Gasteiger partial charge is 0.0131 e. The molecule has 8 unspecified atom stereocenters. The van der Waals surface area contributed by atoms with Crippen LogP contribution in [0.4, 0.5) is 0 Å². The van der Waals surface area contributed by atoms with E-state index in [0.29, 0.717) is 0 Å². The van der Waals surface area contributed by atoms with E-state index >= 15 is 0 Å². The minimum Gasteiger partial charge on any atom is -0.0879 e. The van der Waals surface area contributed by atoms with E-state index in [-0.39, 0.29) is 7.43 Å². The lowest BCUT2D eigenvalue weighted by Gasteiger charge is -2.22. The van der Waals surface area contributed by atoms with Crippen LogP contribution in [0, 0.1) is 47.3 Å². The number of hydrogen-bond donors (Lipinski definition) is 0. The van der Waals surface area contributed by atoms with Crippen LogP contribution in [0.15, 0.2) is 47.6 Å². The van der Waals surface area contributed by atoms with Gasteiger partial charge < -0.3 is 0 Å². The van der Waals surface area contributed by atoms with Gasteiger partial charge in [-0.1, -0.05) is 55.0 Å². The molecule has 23 heavy (non-hydrogen) atoms. The zero-order valence-corrected chi connectivity index (χ0v) is 13.9. The summed E-state index contributed by atoms with van der Waals surface area (Å²) in [6.07, 6.45) is 20.5. The van der Waals surface area contributed by atoms with Gasteiger partial charge in [-0.15, -0.1) is 0 Å². The first kappa shape index (κ1) is 15.5. The van der Waals surface area contributed by atoms with Gasteiger partial charge in [-0.3, -0.25) is 0 Å². The van der Waals surface area contributed by atoms with Gasteiger partial charge in [0.15, 0.2) is 0 Å². The molecular weight excluding hydrogens is 276 g/mol. The predicted molar refractivity (Wildman–Crippen MR) is 98.9 cm³/mol. The molecule has 2 saturated carbocycles. The van der Waals surface area contributed by atoms with Gasteiger partial charge in [0, 0.05) is 0 Å². The van der Waals surface area contributed by atoms with Crippen LogP contribution in [0.3, 0.4) is 0 Å². The SMILES string of the molecule is C.CC1=CC2C3C=CC(C3)C2C1.CC1=CC2CC1C1CC=CC21. The maximum Gasteiger partial charge on any atom is -0.0131 e. The van der Waals surface area contributed by atoms with Gasteiger partial charge in [-0.25, -0.2) is 0 Å². The molecule has 4 bridgehead atoms. The van der Waals surface area contributed by atoms with Crippen LogP contribution < -0.4 is 0 Å². The number of rotatable bonds is 0. The fraction of sp³-hybridized carbons (Fsp3) is 0.652. The Kier molecular flexibility index (Phi) is 3.70. The minimum absolute atomic E-state index is 0. The molecule has 0 N–H and O–H groups in total. The Morgan fingerprint density at radius 3 is 2.48 bits per heavy atom. The largest absolute Gasteiger partial charge is 0.0879 e. The van der Waals surface area contributed by atoms with E-state index in [1.165, 1.54) is 25.7 Å². The second-order valence-electron chi connectivity index (χ2n) is 8.73. The number of allylic oxidation sites excluding steroid dienone is 8. The molecule has 0 heterocycles. The predicted octanol–water partition coefficient (Wildman–Crippen LogP) is 6.19. The molecule has 0 heteroatoms. The number of hydrogen-bond acceptors (Lipinski definition) is 0. The summed E-state index contributed by atoms with van der Waals surface area (Å²) in [5.74, 6) is 7.62. The first-order valence-corrected chi connectivity index (χ1v) is 9.41. The highest BCUT2D eigenvalue weighted by Gasteiger charge is 2.47. The third kappa shape index (κ3) is 2.24. The van der Waals surface area contributed by atoms with Crippen LogP contribution in [0.2, 0.25) is 0 Å². The van der Waals surface area contributed by atoms with Crippen molar-refractivity contribution in [3.05, 3.63) is 47.6 Å². The van der Waals surface area contributed by atoms with Crippen LogP contribution in [-0.4, -0.2) is 0 Å². The van der Waals surface area contributed by atoms with Gasteiger partial charge in [0.1, 0.15) is 0 Å². The van der Waals surface area contributed by atoms with Crippen LogP contribution in [-0.2, 0) is 0 Å². The monoisotopic (exact) mass is 308 g/mol. The van der Waals surface area contributed by atoms with Crippen molar-refractivity contribution in [1.29, 1.82) is 0 Å². The second-order valence-corrected chi connectivity index (χ2v) is 8.73. The van der Waals surface area contributed by atoms with E-state index in [0.717, 1.165) is 47.3 Å².